The van der Waals surface area contributed by atoms with Gasteiger partial charge in [0.2, 0.25) is 0 Å². The number of ether oxygens (including phenoxy) is 2. The van der Waals surface area contributed by atoms with E-state index in [1.807, 2.05) is 19.9 Å². The highest BCUT2D eigenvalue weighted by Gasteiger charge is 2.37. The number of amides is 2. The Balaban J connectivity index is 1.46. The van der Waals surface area contributed by atoms with Gasteiger partial charge in [0.25, 0.3) is 11.8 Å². The first-order valence-corrected chi connectivity index (χ1v) is 10.7. The van der Waals surface area contributed by atoms with Crippen LogP contribution < -0.4 is 9.64 Å². The number of hydrogen-bond acceptors (Lipinski definition) is 7. The third-order valence-electron chi connectivity index (χ3n) is 5.64. The molecule has 0 fully saturated rings. The van der Waals surface area contributed by atoms with Crippen LogP contribution in [0.3, 0.4) is 0 Å². The van der Waals surface area contributed by atoms with E-state index < -0.39 is 36.1 Å². The minimum Gasteiger partial charge on any atom is -0.454 e. The van der Waals surface area contributed by atoms with Gasteiger partial charge in [0.05, 0.1) is 22.4 Å². The lowest BCUT2D eigenvalue weighted by Gasteiger charge is -2.15. The van der Waals surface area contributed by atoms with Gasteiger partial charge in [0.15, 0.2) is 12.4 Å². The van der Waals surface area contributed by atoms with Crippen molar-refractivity contribution in [1.29, 1.82) is 0 Å². The molecule has 1 aliphatic heterocycles. The first kappa shape index (κ1) is 23.6. The van der Waals surface area contributed by atoms with Crippen molar-refractivity contribution in [2.45, 2.75) is 20.8 Å². The predicted molar refractivity (Wildman–Crippen MR) is 126 cm³/mol. The smallest absolute Gasteiger partial charge is 0.338 e. The summed E-state index contributed by atoms with van der Waals surface area (Å²) in [5.41, 5.74) is 3.02. The summed E-state index contributed by atoms with van der Waals surface area (Å²) >= 11 is 0. The molecule has 0 unspecified atom stereocenters. The van der Waals surface area contributed by atoms with Gasteiger partial charge in [-0.2, -0.15) is 0 Å². The van der Waals surface area contributed by atoms with Gasteiger partial charge in [0.1, 0.15) is 5.75 Å². The number of aryl methyl sites for hydroxylation is 2. The van der Waals surface area contributed by atoms with Crippen molar-refractivity contribution >= 4 is 35.2 Å². The lowest BCUT2D eigenvalue weighted by molar-refractivity contribution is -0.131. The van der Waals surface area contributed by atoms with Crippen LogP contribution in [-0.2, 0) is 9.53 Å². The maximum atomic E-state index is 13.0. The molecule has 0 aliphatic carbocycles. The normalized spacial score (nSPS) is 12.4. The number of imide groups is 1. The van der Waals surface area contributed by atoms with Gasteiger partial charge in [-0.3, -0.25) is 19.2 Å². The summed E-state index contributed by atoms with van der Waals surface area (Å²) in [6, 6.07) is 15.2. The first-order valence-electron chi connectivity index (χ1n) is 10.7. The first-order chi connectivity index (χ1) is 16.7. The number of rotatable bonds is 6. The fourth-order valence-electron chi connectivity index (χ4n) is 3.64. The lowest BCUT2D eigenvalue weighted by atomic mass is 10.1. The second-order valence-electron chi connectivity index (χ2n) is 8.09. The molecule has 2 amide bonds. The van der Waals surface area contributed by atoms with E-state index in [0.29, 0.717) is 11.4 Å². The zero-order valence-electron chi connectivity index (χ0n) is 19.3. The molecule has 4 rings (SSSR count). The van der Waals surface area contributed by atoms with Gasteiger partial charge in [0, 0.05) is 12.5 Å². The van der Waals surface area contributed by atoms with Crippen LogP contribution in [0.2, 0.25) is 0 Å². The van der Waals surface area contributed by atoms with Crippen molar-refractivity contribution in [2.75, 3.05) is 11.5 Å². The molecule has 0 aromatic heterocycles. The zero-order valence-corrected chi connectivity index (χ0v) is 19.3. The zero-order chi connectivity index (χ0) is 25.3. The van der Waals surface area contributed by atoms with Crippen LogP contribution in [0.25, 0.3) is 0 Å². The quantitative estimate of drug-likeness (QED) is 0.231. The van der Waals surface area contributed by atoms with E-state index in [9.17, 15) is 24.0 Å². The molecule has 8 heteroatoms. The molecule has 3 aromatic carbocycles. The number of fused-ring (bicyclic) bond motifs is 1. The maximum Gasteiger partial charge on any atom is 0.338 e. The Labute approximate surface area is 201 Å². The summed E-state index contributed by atoms with van der Waals surface area (Å²) in [6.07, 6.45) is 0. The molecule has 0 spiro atoms. The van der Waals surface area contributed by atoms with Crippen LogP contribution in [0.5, 0.6) is 5.75 Å². The fourth-order valence-corrected chi connectivity index (χ4v) is 3.64. The van der Waals surface area contributed by atoms with E-state index in [4.69, 9.17) is 9.47 Å². The number of esters is 2. The molecule has 0 saturated heterocycles. The van der Waals surface area contributed by atoms with Crippen molar-refractivity contribution in [3.05, 3.63) is 94.0 Å². The van der Waals surface area contributed by atoms with Crippen LogP contribution >= 0.6 is 0 Å². The minimum absolute atomic E-state index is 0.0462. The second-order valence-corrected chi connectivity index (χ2v) is 8.09. The average Bonchev–Trinajstić information content (AvgIpc) is 3.08. The number of Topliss-reactive ketones (excluding diaryl/α,β-unsaturated/α-hetero) is 1. The third kappa shape index (κ3) is 4.72. The summed E-state index contributed by atoms with van der Waals surface area (Å²) in [7, 11) is 0. The summed E-state index contributed by atoms with van der Waals surface area (Å²) in [5, 5.41) is 0. The fraction of sp³-hybridized carbons (Fsp3) is 0.148. The highest BCUT2D eigenvalue weighted by atomic mass is 16.5. The van der Waals surface area contributed by atoms with Crippen molar-refractivity contribution in [2.24, 2.45) is 0 Å². The molecule has 0 saturated carbocycles. The van der Waals surface area contributed by atoms with Gasteiger partial charge >= 0.3 is 11.9 Å². The van der Waals surface area contributed by atoms with Crippen molar-refractivity contribution in [3.63, 3.8) is 0 Å². The number of carbonyl (C=O) groups excluding carboxylic acids is 5. The standard InChI is InChI=1S/C27H21NO7/c1-15-4-8-20(12-16(15)2)28-25(31)22-11-7-19(13-23(22)26(28)32)27(33)34-14-24(30)18-5-9-21(10-6-18)35-17(3)29/h4-13H,14H2,1-3H3. The van der Waals surface area contributed by atoms with Crippen molar-refractivity contribution in [3.8, 4) is 5.75 Å². The predicted octanol–water partition coefficient (Wildman–Crippen LogP) is 4.07. The molecule has 1 heterocycles. The molecule has 3 aromatic rings. The molecule has 0 bridgehead atoms. The third-order valence-corrected chi connectivity index (χ3v) is 5.64. The van der Waals surface area contributed by atoms with E-state index >= 15 is 0 Å². The van der Waals surface area contributed by atoms with E-state index in [1.165, 1.54) is 49.4 Å². The Kier molecular flexibility index (Phi) is 6.29. The van der Waals surface area contributed by atoms with Crippen molar-refractivity contribution < 1.29 is 33.4 Å². The lowest BCUT2D eigenvalue weighted by Crippen LogP contribution is -2.29. The topological polar surface area (TPSA) is 107 Å². The van der Waals surface area contributed by atoms with Crippen molar-refractivity contribution in [1.82, 2.24) is 0 Å². The number of carbonyl (C=O) groups is 5. The number of nitrogens with zero attached hydrogens (tertiary/aromatic N) is 1. The number of ketones is 1. The van der Waals surface area contributed by atoms with Gasteiger partial charge < -0.3 is 9.47 Å². The molecule has 8 nitrogen and oxygen atoms in total. The maximum absolute atomic E-state index is 13.0. The van der Waals surface area contributed by atoms with Crippen LogP contribution in [0, 0.1) is 13.8 Å². The summed E-state index contributed by atoms with van der Waals surface area (Å²) in [6.45, 7) is 4.56. The Morgan fingerprint density at radius 1 is 0.771 bits per heavy atom. The van der Waals surface area contributed by atoms with Crippen LogP contribution in [-0.4, -0.2) is 36.1 Å². The number of benzene rings is 3. The monoisotopic (exact) mass is 471 g/mol. The van der Waals surface area contributed by atoms with E-state index in [2.05, 4.69) is 0 Å². The SMILES string of the molecule is CC(=O)Oc1ccc(C(=O)COC(=O)c2ccc3c(c2)C(=O)N(c2ccc(C)c(C)c2)C3=O)cc1. The largest absolute Gasteiger partial charge is 0.454 e. The van der Waals surface area contributed by atoms with E-state index in [0.717, 1.165) is 16.0 Å². The summed E-state index contributed by atoms with van der Waals surface area (Å²) in [5.74, 6) is -2.46. The summed E-state index contributed by atoms with van der Waals surface area (Å²) < 4.78 is 10.0. The van der Waals surface area contributed by atoms with Crippen LogP contribution in [0.15, 0.2) is 60.7 Å². The molecule has 1 aliphatic rings. The molecular formula is C27H21NO7. The average molecular weight is 471 g/mol. The molecular weight excluding hydrogens is 450 g/mol. The number of hydrogen-bond donors (Lipinski definition) is 0. The van der Waals surface area contributed by atoms with E-state index in [1.54, 1.807) is 12.1 Å². The van der Waals surface area contributed by atoms with Gasteiger partial charge in [-0.1, -0.05) is 6.07 Å². The Hall–Kier alpha value is -4.59. The molecule has 0 N–H and O–H groups in total. The highest BCUT2D eigenvalue weighted by Crippen LogP contribution is 2.30. The number of anilines is 1. The van der Waals surface area contributed by atoms with Crippen LogP contribution in [0.4, 0.5) is 5.69 Å². The van der Waals surface area contributed by atoms with E-state index in [-0.39, 0.29) is 22.3 Å². The second kappa shape index (κ2) is 9.34. The Morgan fingerprint density at radius 2 is 1.43 bits per heavy atom. The van der Waals surface area contributed by atoms with Gasteiger partial charge in [-0.15, -0.1) is 0 Å². The Bertz CT molecular complexity index is 1390. The minimum atomic E-state index is -0.803. The molecule has 0 atom stereocenters. The van der Waals surface area contributed by atoms with Gasteiger partial charge in [-0.25, -0.2) is 9.69 Å². The molecule has 176 valence electrons. The summed E-state index contributed by atoms with van der Waals surface area (Å²) in [4.78, 5) is 62.8. The highest BCUT2D eigenvalue weighted by molar-refractivity contribution is 6.34. The van der Waals surface area contributed by atoms with Gasteiger partial charge in [-0.05, 0) is 79.6 Å². The van der Waals surface area contributed by atoms with Crippen LogP contribution in [0.1, 0.15) is 59.5 Å². The Morgan fingerprint density at radius 3 is 2.09 bits per heavy atom. The molecule has 0 radical (unpaired) electrons. The molecule has 35 heavy (non-hydrogen) atoms.